The van der Waals surface area contributed by atoms with E-state index in [0.717, 1.165) is 18.0 Å². The van der Waals surface area contributed by atoms with E-state index in [9.17, 15) is 0 Å². The van der Waals surface area contributed by atoms with Crippen LogP contribution in [0.1, 0.15) is 51.9 Å². The minimum atomic E-state index is 0.746. The minimum Gasteiger partial charge on any atom is -0.314 e. The Labute approximate surface area is 101 Å². The second-order valence-electron chi connectivity index (χ2n) is 5.97. The number of nitrogens with one attached hydrogen (secondary N) is 1. The summed E-state index contributed by atoms with van der Waals surface area (Å²) >= 11 is 0. The number of nitrogens with zero attached hydrogens (tertiary/aromatic N) is 1. The summed E-state index contributed by atoms with van der Waals surface area (Å²) in [6, 6.07) is 1.53. The fourth-order valence-corrected chi connectivity index (χ4v) is 2.98. The van der Waals surface area contributed by atoms with Crippen molar-refractivity contribution >= 4 is 0 Å². The van der Waals surface area contributed by atoms with Gasteiger partial charge in [-0.15, -0.1) is 0 Å². The minimum absolute atomic E-state index is 0.746. The van der Waals surface area contributed by atoms with E-state index in [0.29, 0.717) is 0 Å². The zero-order chi connectivity index (χ0) is 11.4. The molecular weight excluding hydrogens is 196 g/mol. The summed E-state index contributed by atoms with van der Waals surface area (Å²) in [6.45, 7) is 4.96. The van der Waals surface area contributed by atoms with E-state index in [2.05, 4.69) is 24.2 Å². The van der Waals surface area contributed by atoms with Crippen molar-refractivity contribution in [3.63, 3.8) is 0 Å². The molecule has 94 valence electrons. The van der Waals surface area contributed by atoms with Crippen LogP contribution in [0.3, 0.4) is 0 Å². The molecule has 2 nitrogen and oxygen atoms in total. The number of hydrogen-bond acceptors (Lipinski definition) is 2. The smallest absolute Gasteiger partial charge is 0.00818 e. The van der Waals surface area contributed by atoms with Gasteiger partial charge in [0.15, 0.2) is 0 Å². The third-order valence-corrected chi connectivity index (χ3v) is 4.56. The molecule has 1 heterocycles. The van der Waals surface area contributed by atoms with Gasteiger partial charge in [0.25, 0.3) is 0 Å². The Morgan fingerprint density at radius 3 is 2.56 bits per heavy atom. The van der Waals surface area contributed by atoms with Crippen molar-refractivity contribution in [1.82, 2.24) is 10.2 Å². The lowest BCUT2D eigenvalue weighted by Crippen LogP contribution is -2.42. The highest BCUT2D eigenvalue weighted by Gasteiger charge is 2.23. The van der Waals surface area contributed by atoms with Gasteiger partial charge < -0.3 is 10.2 Å². The molecule has 0 bridgehead atoms. The second kappa shape index (κ2) is 6.02. The van der Waals surface area contributed by atoms with E-state index in [1.165, 1.54) is 58.0 Å². The zero-order valence-electron chi connectivity index (χ0n) is 11.0. The van der Waals surface area contributed by atoms with E-state index in [-0.39, 0.29) is 0 Å². The molecule has 2 unspecified atom stereocenters. The summed E-state index contributed by atoms with van der Waals surface area (Å²) in [5, 5.41) is 3.66. The standard InChI is InChI=1S/C14H28N2/c1-12(10-14-8-3-4-9-15-14)16(2)11-13-6-5-7-13/h12-15H,3-11H2,1-2H3. The van der Waals surface area contributed by atoms with Crippen molar-refractivity contribution in [2.75, 3.05) is 20.1 Å². The monoisotopic (exact) mass is 224 g/mol. The molecule has 2 aliphatic rings. The first-order valence-electron chi connectivity index (χ1n) is 7.19. The van der Waals surface area contributed by atoms with Gasteiger partial charge in [-0.25, -0.2) is 0 Å². The lowest BCUT2D eigenvalue weighted by molar-refractivity contribution is 0.153. The zero-order valence-corrected chi connectivity index (χ0v) is 11.0. The Kier molecular flexibility index (Phi) is 4.66. The first kappa shape index (κ1) is 12.4. The van der Waals surface area contributed by atoms with Gasteiger partial charge in [0.1, 0.15) is 0 Å². The summed E-state index contributed by atoms with van der Waals surface area (Å²) < 4.78 is 0. The maximum absolute atomic E-state index is 3.66. The average molecular weight is 224 g/mol. The fourth-order valence-electron chi connectivity index (χ4n) is 2.98. The predicted octanol–water partition coefficient (Wildman–Crippen LogP) is 2.64. The van der Waals surface area contributed by atoms with E-state index < -0.39 is 0 Å². The van der Waals surface area contributed by atoms with Crippen molar-refractivity contribution < 1.29 is 0 Å². The van der Waals surface area contributed by atoms with Gasteiger partial charge in [-0.3, -0.25) is 0 Å². The van der Waals surface area contributed by atoms with E-state index in [1.54, 1.807) is 0 Å². The van der Waals surface area contributed by atoms with Crippen molar-refractivity contribution in [3.8, 4) is 0 Å². The summed E-state index contributed by atoms with van der Waals surface area (Å²) in [6.07, 6.45) is 9.94. The van der Waals surface area contributed by atoms with Crippen LogP contribution in [0.25, 0.3) is 0 Å². The van der Waals surface area contributed by atoms with Crippen LogP contribution in [0.5, 0.6) is 0 Å². The molecule has 0 spiro atoms. The van der Waals surface area contributed by atoms with Crippen molar-refractivity contribution in [3.05, 3.63) is 0 Å². The quantitative estimate of drug-likeness (QED) is 0.772. The molecule has 0 aromatic rings. The van der Waals surface area contributed by atoms with Crippen molar-refractivity contribution in [1.29, 1.82) is 0 Å². The summed E-state index contributed by atoms with van der Waals surface area (Å²) in [7, 11) is 2.31. The third-order valence-electron chi connectivity index (χ3n) is 4.56. The third kappa shape index (κ3) is 3.46. The number of piperidine rings is 1. The van der Waals surface area contributed by atoms with Crippen LogP contribution in [0.2, 0.25) is 0 Å². The topological polar surface area (TPSA) is 15.3 Å². The molecule has 1 N–H and O–H groups in total. The van der Waals surface area contributed by atoms with Crippen molar-refractivity contribution in [2.24, 2.45) is 5.92 Å². The van der Waals surface area contributed by atoms with Gasteiger partial charge in [-0.2, -0.15) is 0 Å². The molecule has 0 aromatic carbocycles. The SMILES string of the molecule is CC(CC1CCCCN1)N(C)CC1CCC1. The molecule has 1 saturated carbocycles. The molecule has 0 amide bonds. The molecule has 1 aliphatic heterocycles. The lowest BCUT2D eigenvalue weighted by Gasteiger charge is -2.35. The Morgan fingerprint density at radius 1 is 1.19 bits per heavy atom. The van der Waals surface area contributed by atoms with Gasteiger partial charge >= 0.3 is 0 Å². The van der Waals surface area contributed by atoms with Crippen molar-refractivity contribution in [2.45, 2.75) is 64.0 Å². The fraction of sp³-hybridized carbons (Fsp3) is 1.00. The Morgan fingerprint density at radius 2 is 2.00 bits per heavy atom. The van der Waals surface area contributed by atoms with Gasteiger partial charge in [-0.1, -0.05) is 12.8 Å². The largest absolute Gasteiger partial charge is 0.314 e. The lowest BCUT2D eigenvalue weighted by atomic mass is 9.85. The predicted molar refractivity (Wildman–Crippen MR) is 69.7 cm³/mol. The van der Waals surface area contributed by atoms with E-state index in [1.807, 2.05) is 0 Å². The summed E-state index contributed by atoms with van der Waals surface area (Å²) in [4.78, 5) is 2.58. The van der Waals surface area contributed by atoms with Gasteiger partial charge in [-0.05, 0) is 58.5 Å². The molecule has 2 rings (SSSR count). The number of hydrogen-bond donors (Lipinski definition) is 1. The molecule has 1 aliphatic carbocycles. The highest BCUT2D eigenvalue weighted by atomic mass is 15.1. The second-order valence-corrected chi connectivity index (χ2v) is 5.97. The number of rotatable bonds is 5. The van der Waals surface area contributed by atoms with Crippen LogP contribution < -0.4 is 5.32 Å². The van der Waals surface area contributed by atoms with Crippen LogP contribution in [0.15, 0.2) is 0 Å². The Bertz CT molecular complexity index is 195. The molecule has 2 fully saturated rings. The van der Waals surface area contributed by atoms with Crippen LogP contribution >= 0.6 is 0 Å². The molecule has 2 heteroatoms. The normalized spacial score (nSPS) is 29.1. The maximum Gasteiger partial charge on any atom is 0.00818 e. The first-order chi connectivity index (χ1) is 7.75. The molecule has 1 saturated heterocycles. The van der Waals surface area contributed by atoms with E-state index >= 15 is 0 Å². The van der Waals surface area contributed by atoms with Crippen LogP contribution in [-0.4, -0.2) is 37.1 Å². The molecule has 2 atom stereocenters. The molecule has 0 aromatic heterocycles. The van der Waals surface area contributed by atoms with Gasteiger partial charge in [0.2, 0.25) is 0 Å². The molecular formula is C14H28N2. The van der Waals surface area contributed by atoms with Crippen LogP contribution in [0, 0.1) is 5.92 Å². The maximum atomic E-state index is 3.66. The Balaban J connectivity index is 1.66. The van der Waals surface area contributed by atoms with Crippen LogP contribution in [-0.2, 0) is 0 Å². The van der Waals surface area contributed by atoms with Gasteiger partial charge in [0, 0.05) is 18.6 Å². The van der Waals surface area contributed by atoms with Gasteiger partial charge in [0.05, 0.1) is 0 Å². The average Bonchev–Trinajstić information content (AvgIpc) is 2.24. The van der Waals surface area contributed by atoms with Crippen LogP contribution in [0.4, 0.5) is 0 Å². The summed E-state index contributed by atoms with van der Waals surface area (Å²) in [5.74, 6) is 1.01. The summed E-state index contributed by atoms with van der Waals surface area (Å²) in [5.41, 5.74) is 0. The molecule has 0 radical (unpaired) electrons. The molecule has 16 heavy (non-hydrogen) atoms. The Hall–Kier alpha value is -0.0800. The van der Waals surface area contributed by atoms with E-state index in [4.69, 9.17) is 0 Å². The first-order valence-corrected chi connectivity index (χ1v) is 7.19. The highest BCUT2D eigenvalue weighted by molar-refractivity contribution is 4.80. The highest BCUT2D eigenvalue weighted by Crippen LogP contribution is 2.27.